The summed E-state index contributed by atoms with van der Waals surface area (Å²) < 4.78 is 0. The minimum Gasteiger partial charge on any atom is -0.480 e. The van der Waals surface area contributed by atoms with Gasteiger partial charge in [0.1, 0.15) is 6.54 Å². The summed E-state index contributed by atoms with van der Waals surface area (Å²) in [6, 6.07) is 0. The number of likely N-dealkylation sites (tertiary alicyclic amines) is 1. The Kier molecular flexibility index (Phi) is 3.58. The number of halogens is 2. The van der Waals surface area contributed by atoms with Gasteiger partial charge in [0.25, 0.3) is 0 Å². The zero-order valence-electron chi connectivity index (χ0n) is 8.81. The highest BCUT2D eigenvalue weighted by molar-refractivity contribution is 9.12. The van der Waals surface area contributed by atoms with Gasteiger partial charge in [0.15, 0.2) is 0 Å². The number of carbonyl (C=O) groups excluding carboxylic acids is 2. The van der Waals surface area contributed by atoms with Crippen LogP contribution >= 0.6 is 31.9 Å². The van der Waals surface area contributed by atoms with Crippen molar-refractivity contribution in [1.29, 1.82) is 0 Å². The van der Waals surface area contributed by atoms with Gasteiger partial charge in [-0.2, -0.15) is 0 Å². The Balaban J connectivity index is 2.19. The van der Waals surface area contributed by atoms with Gasteiger partial charge in [0, 0.05) is 9.65 Å². The van der Waals surface area contributed by atoms with Crippen molar-refractivity contribution in [3.05, 3.63) is 0 Å². The highest BCUT2D eigenvalue weighted by Gasteiger charge is 2.52. The lowest BCUT2D eigenvalue weighted by Crippen LogP contribution is -2.35. The second-order valence-electron chi connectivity index (χ2n) is 4.37. The van der Waals surface area contributed by atoms with E-state index in [0.29, 0.717) is 12.8 Å². The van der Waals surface area contributed by atoms with Gasteiger partial charge in [0.05, 0.1) is 11.8 Å². The first-order valence-electron chi connectivity index (χ1n) is 5.27. The standard InChI is InChI=1S/C10H11Br2NO4/c11-6-1-4-5(2-7(6)12)10(17)13(9(4)16)3-8(14)15/h4-7H,1-3H2,(H,14,15)/t4-,5+,6-,7-/m0/s1. The fourth-order valence-electron chi connectivity index (χ4n) is 2.45. The first kappa shape index (κ1) is 13.0. The van der Waals surface area contributed by atoms with E-state index in [1.165, 1.54) is 0 Å². The molecular formula is C10H11Br2NO4. The molecule has 2 aliphatic rings. The lowest BCUT2D eigenvalue weighted by Gasteiger charge is -2.29. The van der Waals surface area contributed by atoms with Crippen molar-refractivity contribution >= 4 is 49.6 Å². The Labute approximate surface area is 115 Å². The number of hydrogen-bond donors (Lipinski definition) is 1. The number of imide groups is 1. The van der Waals surface area contributed by atoms with Crippen LogP contribution in [0.4, 0.5) is 0 Å². The van der Waals surface area contributed by atoms with Crippen molar-refractivity contribution in [2.24, 2.45) is 11.8 Å². The molecule has 0 aromatic carbocycles. The molecule has 0 unspecified atom stereocenters. The maximum Gasteiger partial charge on any atom is 0.323 e. The van der Waals surface area contributed by atoms with Gasteiger partial charge in [0.2, 0.25) is 11.8 Å². The second kappa shape index (κ2) is 4.68. The van der Waals surface area contributed by atoms with Crippen LogP contribution in [0.5, 0.6) is 0 Å². The molecule has 0 bridgehead atoms. The van der Waals surface area contributed by atoms with Gasteiger partial charge in [-0.05, 0) is 12.8 Å². The van der Waals surface area contributed by atoms with Gasteiger partial charge in [-0.3, -0.25) is 19.3 Å². The van der Waals surface area contributed by atoms with Gasteiger partial charge >= 0.3 is 5.97 Å². The molecule has 7 heteroatoms. The van der Waals surface area contributed by atoms with Crippen molar-refractivity contribution in [2.75, 3.05) is 6.54 Å². The van der Waals surface area contributed by atoms with Crippen LogP contribution in [-0.4, -0.2) is 44.0 Å². The number of carboxylic acids is 1. The third kappa shape index (κ3) is 2.27. The molecule has 1 aliphatic heterocycles. The fraction of sp³-hybridized carbons (Fsp3) is 0.700. The van der Waals surface area contributed by atoms with E-state index in [0.717, 1.165) is 4.90 Å². The third-order valence-corrected chi connectivity index (χ3v) is 6.03. The third-order valence-electron chi connectivity index (χ3n) is 3.30. The van der Waals surface area contributed by atoms with Crippen LogP contribution in [-0.2, 0) is 14.4 Å². The van der Waals surface area contributed by atoms with Crippen LogP contribution in [0.3, 0.4) is 0 Å². The SMILES string of the molecule is O=C(O)CN1C(=O)[C@H]2C[C@H](Br)[C@@H](Br)C[C@H]2C1=O. The summed E-state index contributed by atoms with van der Waals surface area (Å²) in [5.74, 6) is -2.56. The molecule has 0 aromatic rings. The number of aliphatic carboxylic acids is 1. The second-order valence-corrected chi connectivity index (χ2v) is 6.73. The predicted octanol–water partition coefficient (Wildman–Crippen LogP) is 0.993. The van der Waals surface area contributed by atoms with E-state index in [1.807, 2.05) is 0 Å². The molecule has 0 radical (unpaired) electrons. The Bertz CT molecular complexity index is 359. The molecular weight excluding hydrogens is 358 g/mol. The van der Waals surface area contributed by atoms with Crippen LogP contribution in [0.15, 0.2) is 0 Å². The molecule has 2 fully saturated rings. The van der Waals surface area contributed by atoms with Crippen molar-refractivity contribution in [2.45, 2.75) is 22.5 Å². The van der Waals surface area contributed by atoms with Crippen LogP contribution < -0.4 is 0 Å². The molecule has 2 rings (SSSR count). The molecule has 1 N–H and O–H groups in total. The largest absolute Gasteiger partial charge is 0.480 e. The van der Waals surface area contributed by atoms with Crippen molar-refractivity contribution in [3.63, 3.8) is 0 Å². The number of fused-ring (bicyclic) bond motifs is 1. The molecule has 0 spiro atoms. The number of rotatable bonds is 2. The monoisotopic (exact) mass is 367 g/mol. The van der Waals surface area contributed by atoms with Crippen LogP contribution in [0.2, 0.25) is 0 Å². The molecule has 2 amide bonds. The number of carbonyl (C=O) groups is 3. The summed E-state index contributed by atoms with van der Waals surface area (Å²) >= 11 is 6.93. The highest BCUT2D eigenvalue weighted by atomic mass is 79.9. The average Bonchev–Trinajstić information content (AvgIpc) is 2.45. The van der Waals surface area contributed by atoms with Crippen molar-refractivity contribution in [3.8, 4) is 0 Å². The van der Waals surface area contributed by atoms with Crippen LogP contribution in [0, 0.1) is 11.8 Å². The first-order valence-corrected chi connectivity index (χ1v) is 7.10. The smallest absolute Gasteiger partial charge is 0.323 e. The molecule has 1 aliphatic carbocycles. The normalized spacial score (nSPS) is 37.2. The van der Waals surface area contributed by atoms with Crippen LogP contribution in [0.1, 0.15) is 12.8 Å². The molecule has 94 valence electrons. The van der Waals surface area contributed by atoms with E-state index in [1.54, 1.807) is 0 Å². The minimum atomic E-state index is -1.16. The lowest BCUT2D eigenvalue weighted by atomic mass is 9.81. The number of hydrogen-bond acceptors (Lipinski definition) is 3. The average molecular weight is 369 g/mol. The van der Waals surface area contributed by atoms with E-state index < -0.39 is 12.5 Å². The van der Waals surface area contributed by atoms with E-state index in [2.05, 4.69) is 31.9 Å². The first-order chi connectivity index (χ1) is 7.91. The Hall–Kier alpha value is -0.430. The summed E-state index contributed by atoms with van der Waals surface area (Å²) in [5, 5.41) is 8.68. The summed E-state index contributed by atoms with van der Waals surface area (Å²) in [6.45, 7) is -0.523. The Morgan fingerprint density at radius 1 is 1.18 bits per heavy atom. The lowest BCUT2D eigenvalue weighted by molar-refractivity contribution is -0.149. The van der Waals surface area contributed by atoms with Gasteiger partial charge < -0.3 is 5.11 Å². The van der Waals surface area contributed by atoms with E-state index >= 15 is 0 Å². The Morgan fingerprint density at radius 3 is 1.94 bits per heavy atom. The number of nitrogens with zero attached hydrogens (tertiary/aromatic N) is 1. The summed E-state index contributed by atoms with van der Waals surface area (Å²) in [4.78, 5) is 35.7. The fourth-order valence-corrected chi connectivity index (χ4v) is 3.69. The minimum absolute atomic E-state index is 0.144. The molecule has 17 heavy (non-hydrogen) atoms. The quantitative estimate of drug-likeness (QED) is 0.582. The number of carboxylic acid groups (broad SMARTS) is 1. The van der Waals surface area contributed by atoms with Gasteiger partial charge in [-0.1, -0.05) is 31.9 Å². The summed E-state index contributed by atoms with van der Waals surface area (Å²) in [5.41, 5.74) is 0. The predicted molar refractivity (Wildman–Crippen MR) is 66.0 cm³/mol. The molecule has 4 atom stereocenters. The molecule has 0 aromatic heterocycles. The summed E-state index contributed by atoms with van der Waals surface area (Å²) in [7, 11) is 0. The van der Waals surface area contributed by atoms with E-state index in [-0.39, 0.29) is 33.3 Å². The Morgan fingerprint density at radius 2 is 1.59 bits per heavy atom. The van der Waals surface area contributed by atoms with E-state index in [9.17, 15) is 14.4 Å². The summed E-state index contributed by atoms with van der Waals surface area (Å²) in [6.07, 6.45) is 1.14. The maximum atomic E-state index is 11.9. The number of alkyl halides is 2. The highest BCUT2D eigenvalue weighted by Crippen LogP contribution is 2.42. The van der Waals surface area contributed by atoms with E-state index in [4.69, 9.17) is 5.11 Å². The zero-order chi connectivity index (χ0) is 12.7. The zero-order valence-corrected chi connectivity index (χ0v) is 12.0. The molecule has 5 nitrogen and oxygen atoms in total. The van der Waals surface area contributed by atoms with Gasteiger partial charge in [-0.25, -0.2) is 0 Å². The van der Waals surface area contributed by atoms with Crippen molar-refractivity contribution < 1.29 is 19.5 Å². The molecule has 1 saturated heterocycles. The van der Waals surface area contributed by atoms with Crippen LogP contribution in [0.25, 0.3) is 0 Å². The maximum absolute atomic E-state index is 11.9. The number of amides is 2. The van der Waals surface area contributed by atoms with Crippen molar-refractivity contribution in [1.82, 2.24) is 4.90 Å². The molecule has 1 heterocycles. The van der Waals surface area contributed by atoms with Gasteiger partial charge in [-0.15, -0.1) is 0 Å². The molecule has 1 saturated carbocycles. The topological polar surface area (TPSA) is 74.7 Å².